The number of ether oxygens (including phenoxy) is 1. The molecule has 2 amide bonds. The number of rotatable bonds is 2. The van der Waals surface area contributed by atoms with Crippen molar-refractivity contribution in [3.8, 4) is 0 Å². The van der Waals surface area contributed by atoms with Crippen LogP contribution in [0.1, 0.15) is 13.8 Å². The van der Waals surface area contributed by atoms with Crippen molar-refractivity contribution < 1.29 is 19.4 Å². The minimum Gasteiger partial charge on any atom is -0.481 e. The van der Waals surface area contributed by atoms with Crippen LogP contribution in [0.15, 0.2) is 0 Å². The molecule has 2 saturated heterocycles. The smallest absolute Gasteiger partial charge is 0.318 e. The van der Waals surface area contributed by atoms with E-state index < -0.39 is 17.4 Å². The van der Waals surface area contributed by atoms with E-state index in [1.807, 2.05) is 18.7 Å². The second-order valence-electron chi connectivity index (χ2n) is 5.36. The molecule has 2 fully saturated rings. The number of nitrogens with zero attached hydrogens (tertiary/aromatic N) is 1. The van der Waals surface area contributed by atoms with Gasteiger partial charge in [0.1, 0.15) is 5.41 Å². The van der Waals surface area contributed by atoms with Crippen LogP contribution in [0.25, 0.3) is 0 Å². The number of carboxylic acid groups (broad SMARTS) is 1. The van der Waals surface area contributed by atoms with E-state index in [1.165, 1.54) is 0 Å². The van der Waals surface area contributed by atoms with E-state index >= 15 is 0 Å². The summed E-state index contributed by atoms with van der Waals surface area (Å²) in [6, 6.07) is -0.479. The maximum absolute atomic E-state index is 12.2. The van der Waals surface area contributed by atoms with Gasteiger partial charge >= 0.3 is 12.0 Å². The average molecular weight is 288 g/mol. The average Bonchev–Trinajstić information content (AvgIpc) is 2.73. The molecule has 0 aromatic heterocycles. The minimum absolute atomic E-state index is 0.138. The third-order valence-electron chi connectivity index (χ3n) is 3.87. The van der Waals surface area contributed by atoms with Gasteiger partial charge in [0.2, 0.25) is 0 Å². The summed E-state index contributed by atoms with van der Waals surface area (Å²) in [7, 11) is 0. The van der Waals surface area contributed by atoms with Gasteiger partial charge in [0.25, 0.3) is 0 Å². The highest BCUT2D eigenvalue weighted by Crippen LogP contribution is 2.29. The Morgan fingerprint density at radius 1 is 1.53 bits per heavy atom. The van der Waals surface area contributed by atoms with E-state index in [0.29, 0.717) is 6.54 Å². The quantitative estimate of drug-likeness (QED) is 0.779. The third kappa shape index (κ3) is 2.81. The first-order valence-electron chi connectivity index (χ1n) is 6.41. The molecule has 2 rings (SSSR count). The Morgan fingerprint density at radius 2 is 2.26 bits per heavy atom. The van der Waals surface area contributed by atoms with Gasteiger partial charge in [-0.1, -0.05) is 0 Å². The van der Waals surface area contributed by atoms with Crippen LogP contribution in [0, 0.1) is 5.41 Å². The number of hydrogen-bond donors (Lipinski definition) is 2. The van der Waals surface area contributed by atoms with Gasteiger partial charge in [-0.25, -0.2) is 4.79 Å². The molecule has 108 valence electrons. The van der Waals surface area contributed by atoms with Crippen molar-refractivity contribution in [1.82, 2.24) is 10.2 Å². The zero-order valence-corrected chi connectivity index (χ0v) is 12.0. The lowest BCUT2D eigenvalue weighted by molar-refractivity contribution is -0.148. The van der Waals surface area contributed by atoms with E-state index in [9.17, 15) is 14.7 Å². The highest BCUT2D eigenvalue weighted by molar-refractivity contribution is 7.99. The van der Waals surface area contributed by atoms with Gasteiger partial charge in [-0.2, -0.15) is 11.8 Å². The molecule has 0 bridgehead atoms. The monoisotopic (exact) mass is 288 g/mol. The van der Waals surface area contributed by atoms with Crippen LogP contribution in [-0.2, 0) is 9.53 Å². The first kappa shape index (κ1) is 14.5. The molecule has 6 nitrogen and oxygen atoms in total. The molecule has 0 radical (unpaired) electrons. The highest BCUT2D eigenvalue weighted by Gasteiger charge is 2.47. The molecule has 2 aliphatic rings. The van der Waals surface area contributed by atoms with Crippen LogP contribution in [0.3, 0.4) is 0 Å². The lowest BCUT2D eigenvalue weighted by Crippen LogP contribution is -2.56. The van der Waals surface area contributed by atoms with Gasteiger partial charge in [0.15, 0.2) is 0 Å². The summed E-state index contributed by atoms with van der Waals surface area (Å²) in [4.78, 5) is 25.3. The number of hydrogen-bond acceptors (Lipinski definition) is 4. The first-order chi connectivity index (χ1) is 8.95. The molecule has 3 unspecified atom stereocenters. The fourth-order valence-electron chi connectivity index (χ4n) is 2.35. The number of carbonyl (C=O) groups is 2. The Morgan fingerprint density at radius 3 is 2.89 bits per heavy atom. The molecule has 0 aromatic rings. The molecular formula is C12H20N2O4S. The topological polar surface area (TPSA) is 78.9 Å². The molecule has 19 heavy (non-hydrogen) atoms. The van der Waals surface area contributed by atoms with Gasteiger partial charge in [-0.3, -0.25) is 4.79 Å². The Balaban J connectivity index is 2.00. The summed E-state index contributed by atoms with van der Waals surface area (Å²) < 4.78 is 5.23. The van der Waals surface area contributed by atoms with Crippen LogP contribution < -0.4 is 5.32 Å². The Hall–Kier alpha value is -0.950. The highest BCUT2D eigenvalue weighted by atomic mass is 32.2. The van der Waals surface area contributed by atoms with E-state index in [1.54, 1.807) is 11.8 Å². The molecule has 2 heterocycles. The third-order valence-corrected chi connectivity index (χ3v) is 5.06. The van der Waals surface area contributed by atoms with E-state index in [0.717, 1.165) is 11.5 Å². The molecule has 7 heteroatoms. The van der Waals surface area contributed by atoms with Gasteiger partial charge in [-0.15, -0.1) is 0 Å². The van der Waals surface area contributed by atoms with Crippen LogP contribution in [-0.4, -0.2) is 65.4 Å². The number of urea groups is 1. The van der Waals surface area contributed by atoms with Crippen molar-refractivity contribution in [2.45, 2.75) is 25.9 Å². The Labute approximate surface area is 116 Å². The number of nitrogens with one attached hydrogen (secondary N) is 1. The Kier molecular flexibility index (Phi) is 4.25. The lowest BCUT2D eigenvalue weighted by Gasteiger charge is -2.35. The first-order valence-corrected chi connectivity index (χ1v) is 7.56. The van der Waals surface area contributed by atoms with Crippen molar-refractivity contribution in [1.29, 1.82) is 0 Å². The number of thioether (sulfide) groups is 1. The van der Waals surface area contributed by atoms with Crippen LogP contribution in [0.4, 0.5) is 4.79 Å². The molecule has 0 aromatic carbocycles. The molecule has 2 aliphatic heterocycles. The molecule has 0 spiro atoms. The predicted octanol–water partition coefficient (Wildman–Crippen LogP) is 0.623. The molecule has 3 atom stereocenters. The molecule has 0 saturated carbocycles. The molecule has 2 N–H and O–H groups in total. The summed E-state index contributed by atoms with van der Waals surface area (Å²) >= 11 is 1.83. The van der Waals surface area contributed by atoms with Crippen molar-refractivity contribution in [2.24, 2.45) is 5.41 Å². The zero-order valence-electron chi connectivity index (χ0n) is 11.2. The standard InChI is InChI=1S/C12H20N2O4S/c1-8-6-19-4-3-14(8)11(17)13-9-5-18-7-12(9,2)10(15)16/h8-9H,3-7H2,1-2H3,(H,13,17)(H,15,16). The predicted molar refractivity (Wildman–Crippen MR) is 72.4 cm³/mol. The van der Waals surface area contributed by atoms with Crippen LogP contribution in [0.2, 0.25) is 0 Å². The van der Waals surface area contributed by atoms with E-state index in [2.05, 4.69) is 5.32 Å². The van der Waals surface area contributed by atoms with E-state index in [-0.39, 0.29) is 25.3 Å². The van der Waals surface area contributed by atoms with Gasteiger partial charge in [-0.05, 0) is 13.8 Å². The summed E-state index contributed by atoms with van der Waals surface area (Å²) in [6.45, 7) is 4.72. The fourth-order valence-corrected chi connectivity index (χ4v) is 3.36. The van der Waals surface area contributed by atoms with Crippen molar-refractivity contribution in [2.75, 3.05) is 31.3 Å². The SMILES string of the molecule is CC1CSCCN1C(=O)NC1COCC1(C)C(=O)O. The van der Waals surface area contributed by atoms with Gasteiger partial charge in [0.05, 0.1) is 19.3 Å². The lowest BCUT2D eigenvalue weighted by atomic mass is 9.85. The largest absolute Gasteiger partial charge is 0.481 e. The van der Waals surface area contributed by atoms with Crippen LogP contribution in [0.5, 0.6) is 0 Å². The van der Waals surface area contributed by atoms with Crippen molar-refractivity contribution in [3.05, 3.63) is 0 Å². The summed E-state index contributed by atoms with van der Waals surface area (Å²) in [5.41, 5.74) is -1.04. The van der Waals surface area contributed by atoms with Crippen molar-refractivity contribution >= 4 is 23.8 Å². The molecule has 0 aliphatic carbocycles. The van der Waals surface area contributed by atoms with Crippen LogP contribution >= 0.6 is 11.8 Å². The number of aliphatic carboxylic acids is 1. The maximum Gasteiger partial charge on any atom is 0.318 e. The normalized spacial score (nSPS) is 35.2. The zero-order chi connectivity index (χ0) is 14.0. The van der Waals surface area contributed by atoms with Gasteiger partial charge in [0, 0.05) is 24.1 Å². The molecular weight excluding hydrogens is 268 g/mol. The van der Waals surface area contributed by atoms with E-state index in [4.69, 9.17) is 4.74 Å². The minimum atomic E-state index is -1.04. The number of carbonyl (C=O) groups excluding carboxylic acids is 1. The number of amides is 2. The number of carboxylic acids is 1. The fraction of sp³-hybridized carbons (Fsp3) is 0.833. The summed E-state index contributed by atoms with van der Waals surface area (Å²) in [5, 5.41) is 12.1. The maximum atomic E-state index is 12.2. The Bertz CT molecular complexity index is 379. The second kappa shape index (κ2) is 5.58. The summed E-state index contributed by atoms with van der Waals surface area (Å²) in [6.07, 6.45) is 0. The van der Waals surface area contributed by atoms with Crippen molar-refractivity contribution in [3.63, 3.8) is 0 Å². The summed E-state index contributed by atoms with van der Waals surface area (Å²) in [5.74, 6) is 0.914. The second-order valence-corrected chi connectivity index (χ2v) is 6.51. The van der Waals surface area contributed by atoms with Gasteiger partial charge < -0.3 is 20.1 Å².